The number of nitrogens with zero attached hydrogens (tertiary/aromatic N) is 2. The minimum Gasteiger partial charge on any atom is -0.495 e. The van der Waals surface area contributed by atoms with Gasteiger partial charge >= 0.3 is 0 Å². The minimum atomic E-state index is 0.603. The maximum atomic E-state index is 6.41. The molecule has 1 heterocycles. The van der Waals surface area contributed by atoms with Crippen molar-refractivity contribution in [1.29, 1.82) is 0 Å². The quantitative estimate of drug-likeness (QED) is 0.370. The van der Waals surface area contributed by atoms with Gasteiger partial charge in [0.05, 0.1) is 24.4 Å². The zero-order valence-corrected chi connectivity index (χ0v) is 19.9. The smallest absolute Gasteiger partial charge is 0.186 e. The fourth-order valence-corrected chi connectivity index (χ4v) is 4.75. The summed E-state index contributed by atoms with van der Waals surface area (Å²) in [6.45, 7) is 8.75. The molecule has 4 nitrogen and oxygen atoms in total. The third kappa shape index (κ3) is 4.97. The first-order valence-corrected chi connectivity index (χ1v) is 11.3. The molecule has 0 spiro atoms. The second kappa shape index (κ2) is 10.3. The molecule has 1 aromatic heterocycles. The van der Waals surface area contributed by atoms with Crippen LogP contribution < -0.4 is 9.64 Å². The van der Waals surface area contributed by atoms with Crippen LogP contribution in [0.3, 0.4) is 0 Å². The predicted molar refractivity (Wildman–Crippen MR) is 127 cm³/mol. The maximum absolute atomic E-state index is 6.41. The summed E-state index contributed by atoms with van der Waals surface area (Å²) in [6, 6.07) is 12.4. The zero-order valence-electron chi connectivity index (χ0n) is 18.3. The molecule has 0 aliphatic heterocycles. The highest BCUT2D eigenvalue weighted by molar-refractivity contribution is 7.16. The first kappa shape index (κ1) is 22.6. The van der Waals surface area contributed by atoms with Gasteiger partial charge in [-0.1, -0.05) is 42.8 Å². The van der Waals surface area contributed by atoms with Crippen molar-refractivity contribution in [2.24, 2.45) is 0 Å². The maximum Gasteiger partial charge on any atom is 0.186 e. The highest BCUT2D eigenvalue weighted by Gasteiger charge is 2.19. The molecule has 2 aromatic carbocycles. The van der Waals surface area contributed by atoms with E-state index in [1.165, 1.54) is 16.0 Å². The number of aromatic nitrogens is 1. The number of thiazole rings is 1. The average Bonchev–Trinajstić information content (AvgIpc) is 3.12. The summed E-state index contributed by atoms with van der Waals surface area (Å²) in [5.41, 5.74) is 5.63. The van der Waals surface area contributed by atoms with E-state index in [-0.39, 0.29) is 0 Å². The number of hydrogen-bond acceptors (Lipinski definition) is 5. The monoisotopic (exact) mass is 444 g/mol. The van der Waals surface area contributed by atoms with E-state index < -0.39 is 0 Å². The second-order valence-corrected chi connectivity index (χ2v) is 8.92. The van der Waals surface area contributed by atoms with Crippen LogP contribution >= 0.6 is 22.9 Å². The van der Waals surface area contributed by atoms with Gasteiger partial charge in [0.1, 0.15) is 5.75 Å². The Labute approximate surface area is 188 Å². The van der Waals surface area contributed by atoms with E-state index in [1.807, 2.05) is 12.1 Å². The summed E-state index contributed by atoms with van der Waals surface area (Å²) < 4.78 is 10.7. The normalized spacial score (nSPS) is 11.0. The molecule has 0 saturated heterocycles. The average molecular weight is 445 g/mol. The minimum absolute atomic E-state index is 0.603. The van der Waals surface area contributed by atoms with Crippen LogP contribution in [-0.2, 0) is 17.9 Å². The molecule has 3 aromatic rings. The van der Waals surface area contributed by atoms with E-state index in [9.17, 15) is 0 Å². The Morgan fingerprint density at radius 3 is 2.50 bits per heavy atom. The van der Waals surface area contributed by atoms with Gasteiger partial charge in [-0.25, -0.2) is 4.98 Å². The number of ether oxygens (including phenoxy) is 2. The van der Waals surface area contributed by atoms with Crippen molar-refractivity contribution in [1.82, 2.24) is 4.98 Å². The molecular weight excluding hydrogens is 416 g/mol. The van der Waals surface area contributed by atoms with Crippen molar-refractivity contribution in [2.45, 2.75) is 40.3 Å². The molecule has 0 unspecified atom stereocenters. The molecule has 0 fully saturated rings. The molecule has 0 radical (unpaired) electrons. The van der Waals surface area contributed by atoms with Crippen molar-refractivity contribution in [3.63, 3.8) is 0 Å². The highest BCUT2D eigenvalue weighted by Crippen LogP contribution is 2.38. The molecule has 0 N–H and O–H groups in total. The Bertz CT molecular complexity index is 1000. The van der Waals surface area contributed by atoms with Crippen molar-refractivity contribution < 1.29 is 9.47 Å². The van der Waals surface area contributed by atoms with Crippen LogP contribution in [0, 0.1) is 13.8 Å². The van der Waals surface area contributed by atoms with Crippen LogP contribution in [0.1, 0.15) is 34.9 Å². The number of hydrogen-bond donors (Lipinski definition) is 0. The fourth-order valence-electron chi connectivity index (χ4n) is 3.56. The molecule has 3 rings (SSSR count). The van der Waals surface area contributed by atoms with E-state index in [0.717, 1.165) is 41.5 Å². The molecule has 160 valence electrons. The van der Waals surface area contributed by atoms with Crippen LogP contribution in [0.15, 0.2) is 36.4 Å². The standard InChI is InChI=1S/C24H29ClN2O2S/c1-6-11-27(14-18-9-7-8-10-19(18)15-28-4)24-26-23(17(3)30-24)20-13-21(25)22(29-5)12-16(20)2/h7-10,12-13H,6,11,14-15H2,1-5H3. The SMILES string of the molecule is CCCN(Cc1ccccc1COC)c1nc(-c2cc(Cl)c(OC)cc2C)c(C)s1. The summed E-state index contributed by atoms with van der Waals surface area (Å²) in [4.78, 5) is 8.58. The Morgan fingerprint density at radius 1 is 1.10 bits per heavy atom. The summed E-state index contributed by atoms with van der Waals surface area (Å²) in [6.07, 6.45) is 1.05. The van der Waals surface area contributed by atoms with Gasteiger partial charge < -0.3 is 14.4 Å². The van der Waals surface area contributed by atoms with Gasteiger partial charge in [0, 0.05) is 30.6 Å². The number of halogens is 1. The van der Waals surface area contributed by atoms with E-state index in [1.54, 1.807) is 25.6 Å². The molecule has 0 amide bonds. The Balaban J connectivity index is 1.96. The lowest BCUT2D eigenvalue weighted by atomic mass is 10.0. The molecule has 30 heavy (non-hydrogen) atoms. The molecule has 0 bridgehead atoms. The third-order valence-electron chi connectivity index (χ3n) is 5.08. The molecule has 0 saturated carbocycles. The number of benzene rings is 2. The molecule has 0 aliphatic carbocycles. The van der Waals surface area contributed by atoms with Crippen LogP contribution in [0.25, 0.3) is 11.3 Å². The van der Waals surface area contributed by atoms with Gasteiger partial charge in [0.15, 0.2) is 5.13 Å². The van der Waals surface area contributed by atoms with Crippen molar-refractivity contribution in [3.8, 4) is 17.0 Å². The van der Waals surface area contributed by atoms with Crippen molar-refractivity contribution >= 4 is 28.1 Å². The first-order valence-electron chi connectivity index (χ1n) is 10.1. The van der Waals surface area contributed by atoms with Gasteiger partial charge in [-0.2, -0.15) is 0 Å². The second-order valence-electron chi connectivity index (χ2n) is 7.33. The van der Waals surface area contributed by atoms with Gasteiger partial charge in [0.2, 0.25) is 0 Å². The topological polar surface area (TPSA) is 34.6 Å². The lowest BCUT2D eigenvalue weighted by Gasteiger charge is -2.22. The van der Waals surface area contributed by atoms with Crippen LogP contribution in [0.4, 0.5) is 5.13 Å². The van der Waals surface area contributed by atoms with Gasteiger partial charge in [0.25, 0.3) is 0 Å². The Morgan fingerprint density at radius 2 is 1.83 bits per heavy atom. The van der Waals surface area contributed by atoms with E-state index in [2.05, 4.69) is 49.9 Å². The van der Waals surface area contributed by atoms with E-state index >= 15 is 0 Å². The lowest BCUT2D eigenvalue weighted by molar-refractivity contribution is 0.184. The number of methoxy groups -OCH3 is 2. The number of rotatable bonds is 9. The Hall–Kier alpha value is -2.08. The summed E-state index contributed by atoms with van der Waals surface area (Å²) in [5, 5.41) is 1.63. The largest absolute Gasteiger partial charge is 0.495 e. The summed E-state index contributed by atoms with van der Waals surface area (Å²) in [5.74, 6) is 0.688. The van der Waals surface area contributed by atoms with Crippen molar-refractivity contribution in [3.05, 3.63) is 63.0 Å². The third-order valence-corrected chi connectivity index (χ3v) is 6.41. The predicted octanol–water partition coefficient (Wildman–Crippen LogP) is 6.65. The molecule has 0 atom stereocenters. The summed E-state index contributed by atoms with van der Waals surface area (Å²) in [7, 11) is 3.37. The highest BCUT2D eigenvalue weighted by atomic mass is 35.5. The van der Waals surface area contributed by atoms with Gasteiger partial charge in [-0.3, -0.25) is 0 Å². The lowest BCUT2D eigenvalue weighted by Crippen LogP contribution is -2.24. The Kier molecular flexibility index (Phi) is 7.75. The van der Waals surface area contributed by atoms with Crippen molar-refractivity contribution in [2.75, 3.05) is 25.7 Å². The van der Waals surface area contributed by atoms with E-state index in [4.69, 9.17) is 26.1 Å². The van der Waals surface area contributed by atoms with Gasteiger partial charge in [-0.05, 0) is 49.1 Å². The summed E-state index contributed by atoms with van der Waals surface area (Å²) >= 11 is 8.14. The van der Waals surface area contributed by atoms with Gasteiger partial charge in [-0.15, -0.1) is 11.3 Å². The molecule has 0 aliphatic rings. The number of aryl methyl sites for hydroxylation is 2. The molecular formula is C24H29ClN2O2S. The zero-order chi connectivity index (χ0) is 21.7. The first-order chi connectivity index (χ1) is 14.5. The van der Waals surface area contributed by atoms with E-state index in [0.29, 0.717) is 17.4 Å². The fraction of sp³-hybridized carbons (Fsp3) is 0.375. The van der Waals surface area contributed by atoms with Crippen LogP contribution in [0.2, 0.25) is 5.02 Å². The van der Waals surface area contributed by atoms with Crippen LogP contribution in [-0.4, -0.2) is 25.7 Å². The molecule has 6 heteroatoms. The van der Waals surface area contributed by atoms with Crippen LogP contribution in [0.5, 0.6) is 5.75 Å². The number of anilines is 1.